The third-order valence-electron chi connectivity index (χ3n) is 1.57. The Morgan fingerprint density at radius 3 is 2.75 bits per heavy atom. The molecule has 0 heterocycles. The number of hydrogen-bond donors (Lipinski definition) is 3. The van der Waals surface area contributed by atoms with E-state index in [9.17, 15) is 9.90 Å². The van der Waals surface area contributed by atoms with Crippen LogP contribution in [0.4, 0.5) is 0 Å². The number of nitrogens with one attached hydrogen (secondary N) is 1. The SMILES string of the molecule is Cc1ccc(C(=O)NS)cc1O. The van der Waals surface area contributed by atoms with Gasteiger partial charge >= 0.3 is 0 Å². The summed E-state index contributed by atoms with van der Waals surface area (Å²) in [6.07, 6.45) is 0. The van der Waals surface area contributed by atoms with Crippen molar-refractivity contribution in [1.29, 1.82) is 0 Å². The maximum Gasteiger partial charge on any atom is 0.261 e. The van der Waals surface area contributed by atoms with E-state index in [1.807, 2.05) is 0 Å². The Balaban J connectivity index is 3.05. The Morgan fingerprint density at radius 2 is 2.25 bits per heavy atom. The van der Waals surface area contributed by atoms with Crippen molar-refractivity contribution in [1.82, 2.24) is 4.72 Å². The van der Waals surface area contributed by atoms with Gasteiger partial charge in [-0.3, -0.25) is 9.52 Å². The molecule has 1 amide bonds. The predicted molar refractivity (Wildman–Crippen MR) is 49.3 cm³/mol. The van der Waals surface area contributed by atoms with Crippen molar-refractivity contribution in [2.45, 2.75) is 6.92 Å². The molecular formula is C8H9NO2S. The molecule has 0 spiro atoms. The number of aryl methyl sites for hydroxylation is 1. The standard InChI is InChI=1S/C8H9NO2S/c1-5-2-3-6(4-7(5)10)8(11)9-12/h2-4,10,12H,1H3,(H,9,11). The summed E-state index contributed by atoms with van der Waals surface area (Å²) in [6, 6.07) is 4.70. The topological polar surface area (TPSA) is 49.3 Å². The first-order valence-corrected chi connectivity index (χ1v) is 3.84. The molecule has 0 saturated carbocycles. The molecule has 0 aromatic heterocycles. The maximum atomic E-state index is 11.0. The van der Waals surface area contributed by atoms with E-state index in [1.54, 1.807) is 19.1 Å². The Kier molecular flexibility index (Phi) is 2.60. The molecule has 0 fully saturated rings. The molecule has 0 bridgehead atoms. The molecule has 3 nitrogen and oxygen atoms in total. The summed E-state index contributed by atoms with van der Waals surface area (Å²) in [7, 11) is 0. The van der Waals surface area contributed by atoms with Crippen LogP contribution < -0.4 is 4.72 Å². The predicted octanol–water partition coefficient (Wildman–Crippen LogP) is 1.28. The van der Waals surface area contributed by atoms with Gasteiger partial charge in [0.25, 0.3) is 5.91 Å². The van der Waals surface area contributed by atoms with E-state index in [0.717, 1.165) is 5.56 Å². The Morgan fingerprint density at radius 1 is 1.58 bits per heavy atom. The van der Waals surface area contributed by atoms with E-state index in [1.165, 1.54) is 6.07 Å². The molecular weight excluding hydrogens is 174 g/mol. The van der Waals surface area contributed by atoms with Crippen molar-refractivity contribution < 1.29 is 9.90 Å². The van der Waals surface area contributed by atoms with Gasteiger partial charge in [0.05, 0.1) is 0 Å². The second-order valence-electron chi connectivity index (χ2n) is 2.44. The van der Waals surface area contributed by atoms with Gasteiger partial charge in [-0.2, -0.15) is 0 Å². The number of carbonyl (C=O) groups is 1. The third kappa shape index (κ3) is 1.71. The van der Waals surface area contributed by atoms with Gasteiger partial charge in [-0.25, -0.2) is 0 Å². The monoisotopic (exact) mass is 183 g/mol. The second kappa shape index (κ2) is 3.49. The lowest BCUT2D eigenvalue weighted by Crippen LogP contribution is -2.12. The second-order valence-corrected chi connectivity index (χ2v) is 2.67. The summed E-state index contributed by atoms with van der Waals surface area (Å²) in [5.41, 5.74) is 1.14. The van der Waals surface area contributed by atoms with Gasteiger partial charge in [-0.1, -0.05) is 18.9 Å². The number of phenols is 1. The fraction of sp³-hybridized carbons (Fsp3) is 0.125. The van der Waals surface area contributed by atoms with Crippen LogP contribution in [0.2, 0.25) is 0 Å². The summed E-state index contributed by atoms with van der Waals surface area (Å²) >= 11 is 3.61. The molecule has 1 aromatic carbocycles. The number of thiol groups is 1. The van der Waals surface area contributed by atoms with Crippen LogP contribution in [-0.4, -0.2) is 11.0 Å². The van der Waals surface area contributed by atoms with Crippen LogP contribution in [0.5, 0.6) is 5.75 Å². The van der Waals surface area contributed by atoms with Gasteiger partial charge in [-0.15, -0.1) is 0 Å². The summed E-state index contributed by atoms with van der Waals surface area (Å²) in [5, 5.41) is 9.24. The van der Waals surface area contributed by atoms with Gasteiger partial charge in [0, 0.05) is 5.56 Å². The highest BCUT2D eigenvalue weighted by Gasteiger charge is 2.04. The average Bonchev–Trinajstić information content (AvgIpc) is 2.08. The van der Waals surface area contributed by atoms with Gasteiger partial charge in [-0.05, 0) is 24.6 Å². The first-order valence-electron chi connectivity index (χ1n) is 3.39. The lowest BCUT2D eigenvalue weighted by atomic mass is 10.1. The minimum absolute atomic E-state index is 0.115. The minimum atomic E-state index is -0.325. The van der Waals surface area contributed by atoms with Gasteiger partial charge in [0.2, 0.25) is 0 Å². The molecule has 4 heteroatoms. The number of amides is 1. The van der Waals surface area contributed by atoms with E-state index in [0.29, 0.717) is 5.56 Å². The van der Waals surface area contributed by atoms with E-state index in [-0.39, 0.29) is 11.7 Å². The molecule has 64 valence electrons. The fourth-order valence-electron chi connectivity index (χ4n) is 0.815. The zero-order valence-electron chi connectivity index (χ0n) is 6.53. The van der Waals surface area contributed by atoms with Gasteiger partial charge in [0.1, 0.15) is 5.75 Å². The molecule has 0 aliphatic rings. The first kappa shape index (κ1) is 8.93. The van der Waals surface area contributed by atoms with Crippen LogP contribution in [-0.2, 0) is 0 Å². The molecule has 0 saturated heterocycles. The van der Waals surface area contributed by atoms with Crippen molar-refractivity contribution in [2.75, 3.05) is 0 Å². The normalized spacial score (nSPS) is 9.50. The van der Waals surface area contributed by atoms with Crippen LogP contribution in [0.1, 0.15) is 15.9 Å². The average molecular weight is 183 g/mol. The van der Waals surface area contributed by atoms with Crippen LogP contribution in [0.3, 0.4) is 0 Å². The molecule has 0 unspecified atom stereocenters. The largest absolute Gasteiger partial charge is 0.508 e. The minimum Gasteiger partial charge on any atom is -0.508 e. The number of phenolic OH excluding ortho intramolecular Hbond substituents is 1. The summed E-state index contributed by atoms with van der Waals surface area (Å²) < 4.78 is 2.17. The van der Waals surface area contributed by atoms with Gasteiger partial charge in [0.15, 0.2) is 0 Å². The molecule has 1 aromatic rings. The van der Waals surface area contributed by atoms with E-state index in [4.69, 9.17) is 0 Å². The zero-order chi connectivity index (χ0) is 9.14. The van der Waals surface area contributed by atoms with E-state index in [2.05, 4.69) is 17.5 Å². The molecule has 2 N–H and O–H groups in total. The molecule has 0 radical (unpaired) electrons. The number of aromatic hydroxyl groups is 1. The fourth-order valence-corrected chi connectivity index (χ4v) is 0.944. The molecule has 0 aliphatic carbocycles. The molecule has 0 aliphatic heterocycles. The lowest BCUT2D eigenvalue weighted by molar-refractivity contribution is 0.0984. The van der Waals surface area contributed by atoms with E-state index >= 15 is 0 Å². The van der Waals surface area contributed by atoms with Crippen LogP contribution in [0, 0.1) is 6.92 Å². The number of rotatable bonds is 1. The van der Waals surface area contributed by atoms with Crippen molar-refractivity contribution in [2.24, 2.45) is 0 Å². The first-order chi connectivity index (χ1) is 5.65. The smallest absolute Gasteiger partial charge is 0.261 e. The number of benzene rings is 1. The summed E-state index contributed by atoms with van der Waals surface area (Å²) in [5.74, 6) is -0.210. The Hall–Kier alpha value is -1.16. The highest BCUT2D eigenvalue weighted by Crippen LogP contribution is 2.17. The van der Waals surface area contributed by atoms with Crippen LogP contribution in [0.15, 0.2) is 18.2 Å². The summed E-state index contributed by atoms with van der Waals surface area (Å²) in [4.78, 5) is 11.0. The highest BCUT2D eigenvalue weighted by molar-refractivity contribution is 7.78. The molecule has 1 rings (SSSR count). The molecule has 12 heavy (non-hydrogen) atoms. The van der Waals surface area contributed by atoms with Crippen molar-refractivity contribution >= 4 is 18.7 Å². The van der Waals surface area contributed by atoms with Gasteiger partial charge < -0.3 is 5.11 Å². The Labute approximate surface area is 76.0 Å². The number of carbonyl (C=O) groups excluding carboxylic acids is 1. The quantitative estimate of drug-likeness (QED) is 0.574. The van der Waals surface area contributed by atoms with Crippen molar-refractivity contribution in [3.8, 4) is 5.75 Å². The number of hydrogen-bond acceptors (Lipinski definition) is 3. The summed E-state index contributed by atoms with van der Waals surface area (Å²) in [6.45, 7) is 1.76. The van der Waals surface area contributed by atoms with Crippen LogP contribution in [0.25, 0.3) is 0 Å². The van der Waals surface area contributed by atoms with Crippen molar-refractivity contribution in [3.63, 3.8) is 0 Å². The third-order valence-corrected chi connectivity index (χ3v) is 1.78. The Bertz CT molecular complexity index is 312. The van der Waals surface area contributed by atoms with Crippen molar-refractivity contribution in [3.05, 3.63) is 29.3 Å². The highest BCUT2D eigenvalue weighted by atomic mass is 32.1. The molecule has 0 atom stereocenters. The maximum absolute atomic E-state index is 11.0. The zero-order valence-corrected chi connectivity index (χ0v) is 7.43. The lowest BCUT2D eigenvalue weighted by Gasteiger charge is -2.01. The van der Waals surface area contributed by atoms with Crippen LogP contribution >= 0.6 is 12.8 Å². The van der Waals surface area contributed by atoms with E-state index < -0.39 is 0 Å².